The molecule has 0 atom stereocenters. The first-order valence-corrected chi connectivity index (χ1v) is 6.59. The van der Waals surface area contributed by atoms with Gasteiger partial charge in [-0.05, 0) is 6.42 Å². The van der Waals surface area contributed by atoms with Crippen LogP contribution in [0.25, 0.3) is 0 Å². The van der Waals surface area contributed by atoms with Crippen LogP contribution in [0.2, 0.25) is 3.67 Å². The maximum Gasteiger partial charge on any atom is 0.397 e. The topological polar surface area (TPSA) is 83.8 Å². The molecule has 0 rings (SSSR count). The van der Waals surface area contributed by atoms with E-state index in [-0.39, 0.29) is 19.6 Å². The molecule has 0 heterocycles. The second-order valence-electron chi connectivity index (χ2n) is 2.02. The van der Waals surface area contributed by atoms with Crippen molar-refractivity contribution in [1.29, 1.82) is 0 Å². The van der Waals surface area contributed by atoms with Crippen LogP contribution in [0.5, 0.6) is 0 Å². The van der Waals surface area contributed by atoms with Gasteiger partial charge in [-0.1, -0.05) is 0 Å². The molecule has 0 aliphatic carbocycles. The van der Waals surface area contributed by atoms with Gasteiger partial charge in [0.05, 0.1) is 6.61 Å². The molecular weight excluding hydrogens is 207 g/mol. The summed E-state index contributed by atoms with van der Waals surface area (Å²) >= 11 is 1.27. The van der Waals surface area contributed by atoms with Gasteiger partial charge in [0.2, 0.25) is 0 Å². The fourth-order valence-corrected chi connectivity index (χ4v) is 0.557. The Morgan fingerprint density at radius 3 is 2.23 bits per heavy atom. The predicted octanol–water partition coefficient (Wildman–Crippen LogP) is -0.0526. The van der Waals surface area contributed by atoms with E-state index in [0.29, 0.717) is 0 Å². The Bertz CT molecular complexity index is 201. The Labute approximate surface area is 96.2 Å². The molecule has 13 heavy (non-hydrogen) atoms. The van der Waals surface area contributed by atoms with Crippen LogP contribution in [0.1, 0.15) is 6.42 Å². The molecule has 0 unspecified atom stereocenters. The summed E-state index contributed by atoms with van der Waals surface area (Å²) in [4.78, 5) is 0. The third kappa shape index (κ3) is 24.5. The molecule has 0 radical (unpaired) electrons. The van der Waals surface area contributed by atoms with E-state index in [1.165, 1.54) is 31.6 Å². The van der Waals surface area contributed by atoms with Crippen LogP contribution < -0.4 is 0 Å². The van der Waals surface area contributed by atoms with E-state index in [4.69, 9.17) is 9.66 Å². The SMILES string of the molecule is C=C[CH2][Na].O=S(=O)(O)OCCCO. The molecule has 0 aromatic carbocycles. The molecule has 7 heteroatoms. The van der Waals surface area contributed by atoms with Crippen molar-refractivity contribution in [3.63, 3.8) is 0 Å². The molecule has 0 bridgehead atoms. The molecule has 0 aromatic rings. The molecule has 0 amide bonds. The number of hydrogen-bond donors (Lipinski definition) is 2. The number of allylic oxidation sites excluding steroid dienone is 1. The zero-order chi connectivity index (χ0) is 10.7. The van der Waals surface area contributed by atoms with Crippen LogP contribution in [-0.2, 0) is 14.6 Å². The first-order valence-electron chi connectivity index (χ1n) is 3.81. The molecule has 0 aliphatic rings. The minimum Gasteiger partial charge on any atom is -0.396 e. The monoisotopic (exact) mass is 220 g/mol. The van der Waals surface area contributed by atoms with Gasteiger partial charge in [0, 0.05) is 6.61 Å². The van der Waals surface area contributed by atoms with Crippen LogP contribution in [0, 0.1) is 0 Å². The Morgan fingerprint density at radius 1 is 1.54 bits per heavy atom. The number of aliphatic hydroxyl groups excluding tert-OH is 1. The maximum absolute atomic E-state index is 9.76. The largest absolute Gasteiger partial charge is 0.397 e. The van der Waals surface area contributed by atoms with E-state index in [1.807, 2.05) is 6.08 Å². The summed E-state index contributed by atoms with van der Waals surface area (Å²) in [6.07, 6.45) is 2.13. The second kappa shape index (κ2) is 10.6. The summed E-state index contributed by atoms with van der Waals surface area (Å²) in [6, 6.07) is 0. The molecule has 2 N–H and O–H groups in total. The molecule has 0 fully saturated rings. The smallest absolute Gasteiger partial charge is 0.396 e. The maximum atomic E-state index is 9.76. The van der Waals surface area contributed by atoms with Crippen LogP contribution >= 0.6 is 0 Å². The Hall–Kier alpha value is 0.570. The van der Waals surface area contributed by atoms with E-state index < -0.39 is 10.4 Å². The van der Waals surface area contributed by atoms with Crippen LogP contribution in [0.3, 0.4) is 0 Å². The second-order valence-corrected chi connectivity index (χ2v) is 3.93. The average molecular weight is 220 g/mol. The molecule has 0 spiro atoms. The van der Waals surface area contributed by atoms with Gasteiger partial charge in [-0.15, -0.1) is 0 Å². The molecular formula is C6H13NaO5S. The first-order chi connectivity index (χ1) is 5.97. The van der Waals surface area contributed by atoms with Crippen molar-refractivity contribution in [2.45, 2.75) is 10.1 Å². The van der Waals surface area contributed by atoms with Gasteiger partial charge in [0.1, 0.15) is 0 Å². The Balaban J connectivity index is 0. The van der Waals surface area contributed by atoms with E-state index in [2.05, 4.69) is 10.8 Å². The molecule has 0 saturated heterocycles. The first kappa shape index (κ1) is 16.0. The van der Waals surface area contributed by atoms with Crippen molar-refractivity contribution in [3.05, 3.63) is 12.7 Å². The quantitative estimate of drug-likeness (QED) is 0.293. The zero-order valence-electron chi connectivity index (χ0n) is 7.64. The zero-order valence-corrected chi connectivity index (χ0v) is 10.5. The van der Waals surface area contributed by atoms with Gasteiger partial charge in [-0.25, -0.2) is 4.18 Å². The summed E-state index contributed by atoms with van der Waals surface area (Å²) < 4.78 is 32.5. The van der Waals surface area contributed by atoms with Crippen LogP contribution in [0.15, 0.2) is 12.7 Å². The van der Waals surface area contributed by atoms with Gasteiger partial charge in [0.25, 0.3) is 0 Å². The third-order valence-corrected chi connectivity index (χ3v) is 1.87. The molecule has 0 aliphatic heterocycles. The predicted molar refractivity (Wildman–Crippen MR) is 50.0 cm³/mol. The standard InChI is InChI=1S/C3H8O5S.C3H5.Na/c4-2-1-3-8-9(5,6)7;1-3-2;/h4H,1-3H2,(H,5,6,7);3H,1-2H2;. The van der Waals surface area contributed by atoms with Gasteiger partial charge in [-0.2, -0.15) is 8.42 Å². The van der Waals surface area contributed by atoms with Crippen molar-refractivity contribution in [2.24, 2.45) is 0 Å². The number of aliphatic hydroxyl groups is 1. The molecule has 0 saturated carbocycles. The summed E-state index contributed by atoms with van der Waals surface area (Å²) in [5.74, 6) is 0. The summed E-state index contributed by atoms with van der Waals surface area (Å²) in [6.45, 7) is 3.17. The number of hydrogen-bond acceptors (Lipinski definition) is 4. The number of rotatable bonds is 5. The normalized spacial score (nSPS) is 10.2. The van der Waals surface area contributed by atoms with Gasteiger partial charge in [0.15, 0.2) is 0 Å². The minimum absolute atomic E-state index is 0.157. The van der Waals surface area contributed by atoms with E-state index in [1.54, 1.807) is 0 Å². The van der Waals surface area contributed by atoms with Crippen LogP contribution in [-0.4, -0.2) is 59.2 Å². The van der Waals surface area contributed by atoms with Crippen molar-refractivity contribution in [2.75, 3.05) is 13.2 Å². The van der Waals surface area contributed by atoms with E-state index in [0.717, 1.165) is 0 Å². The van der Waals surface area contributed by atoms with E-state index in [9.17, 15) is 8.42 Å². The summed E-state index contributed by atoms with van der Waals surface area (Å²) in [5, 5.41) is 8.11. The van der Waals surface area contributed by atoms with E-state index >= 15 is 0 Å². The third-order valence-electron chi connectivity index (χ3n) is 0.823. The fourth-order valence-electron chi connectivity index (χ4n) is 0.229. The molecule has 5 nitrogen and oxygen atoms in total. The Morgan fingerprint density at radius 2 is 2.00 bits per heavy atom. The van der Waals surface area contributed by atoms with Crippen molar-refractivity contribution >= 4 is 38.3 Å². The fraction of sp³-hybridized carbons (Fsp3) is 0.667. The van der Waals surface area contributed by atoms with Crippen molar-refractivity contribution in [3.8, 4) is 0 Å². The summed E-state index contributed by atoms with van der Waals surface area (Å²) in [5.41, 5.74) is 0. The Kier molecular flexibility index (Phi) is 13.1. The minimum atomic E-state index is -4.31. The van der Waals surface area contributed by atoms with Gasteiger partial charge < -0.3 is 5.11 Å². The van der Waals surface area contributed by atoms with Gasteiger partial charge >= 0.3 is 54.7 Å². The van der Waals surface area contributed by atoms with Crippen molar-refractivity contribution in [1.82, 2.24) is 0 Å². The molecule has 74 valence electrons. The van der Waals surface area contributed by atoms with Crippen LogP contribution in [0.4, 0.5) is 0 Å². The van der Waals surface area contributed by atoms with Gasteiger partial charge in [-0.3, -0.25) is 4.55 Å². The van der Waals surface area contributed by atoms with Crippen molar-refractivity contribution < 1.29 is 22.3 Å². The molecule has 0 aromatic heterocycles. The summed E-state index contributed by atoms with van der Waals surface area (Å²) in [7, 11) is -4.31. The average Bonchev–Trinajstić information content (AvgIpc) is 2.03.